The van der Waals surface area contributed by atoms with Crippen LogP contribution in [0.5, 0.6) is 0 Å². The van der Waals surface area contributed by atoms with E-state index in [4.69, 9.17) is 27.7 Å². The second-order valence-corrected chi connectivity index (χ2v) is 7.88. The first-order valence-corrected chi connectivity index (χ1v) is 10.6. The number of carbonyl (C=O) groups is 1. The average molecular weight is 446 g/mol. The maximum absolute atomic E-state index is 12.5. The van der Waals surface area contributed by atoms with Crippen molar-refractivity contribution < 1.29 is 9.32 Å². The third-order valence-corrected chi connectivity index (χ3v) is 5.47. The van der Waals surface area contributed by atoms with E-state index in [9.17, 15) is 4.79 Å². The first-order chi connectivity index (χ1) is 14.6. The van der Waals surface area contributed by atoms with E-state index < -0.39 is 0 Å². The Morgan fingerprint density at radius 2 is 1.77 bits per heavy atom. The lowest BCUT2D eigenvalue weighted by Crippen LogP contribution is -2.49. The molecule has 0 atom stereocenters. The molecule has 0 saturated carbocycles. The molecule has 1 aliphatic heterocycles. The fourth-order valence-electron chi connectivity index (χ4n) is 3.38. The van der Waals surface area contributed by atoms with E-state index in [2.05, 4.69) is 20.0 Å². The van der Waals surface area contributed by atoms with E-state index in [-0.39, 0.29) is 5.91 Å². The van der Waals surface area contributed by atoms with Gasteiger partial charge in [0, 0.05) is 49.6 Å². The monoisotopic (exact) mass is 445 g/mol. The van der Waals surface area contributed by atoms with Crippen molar-refractivity contribution in [1.82, 2.24) is 20.0 Å². The number of anilines is 1. The first kappa shape index (κ1) is 20.6. The summed E-state index contributed by atoms with van der Waals surface area (Å²) in [5, 5.41) is 5.14. The molecule has 2 aromatic heterocycles. The average Bonchev–Trinajstić information content (AvgIpc) is 3.23. The zero-order valence-electron chi connectivity index (χ0n) is 16.3. The molecule has 1 saturated heterocycles. The molecule has 0 radical (unpaired) electrons. The maximum Gasteiger partial charge on any atom is 0.226 e. The highest BCUT2D eigenvalue weighted by Crippen LogP contribution is 2.20. The molecule has 156 valence electrons. The van der Waals surface area contributed by atoms with Crippen LogP contribution in [0.25, 0.3) is 11.4 Å². The number of hydrogen-bond acceptors (Lipinski definition) is 6. The van der Waals surface area contributed by atoms with Crippen LogP contribution in [-0.4, -0.2) is 52.1 Å². The third kappa shape index (κ3) is 5.09. The van der Waals surface area contributed by atoms with Crippen molar-refractivity contribution in [2.75, 3.05) is 31.1 Å². The minimum absolute atomic E-state index is 0.145. The van der Waals surface area contributed by atoms with E-state index in [0.717, 1.165) is 24.5 Å². The van der Waals surface area contributed by atoms with Crippen LogP contribution in [0.3, 0.4) is 0 Å². The molecule has 1 fully saturated rings. The molecule has 0 N–H and O–H groups in total. The van der Waals surface area contributed by atoms with Gasteiger partial charge >= 0.3 is 0 Å². The molecular formula is C21H21Cl2N5O2. The van der Waals surface area contributed by atoms with Crippen molar-refractivity contribution >= 4 is 34.9 Å². The van der Waals surface area contributed by atoms with Gasteiger partial charge in [0.2, 0.25) is 17.6 Å². The molecule has 1 amide bonds. The number of hydrogen-bond donors (Lipinski definition) is 0. The number of rotatable bonds is 6. The molecule has 0 bridgehead atoms. The molecule has 1 aromatic carbocycles. The van der Waals surface area contributed by atoms with Crippen molar-refractivity contribution in [2.45, 2.75) is 19.3 Å². The van der Waals surface area contributed by atoms with Crippen LogP contribution in [0.2, 0.25) is 10.2 Å². The van der Waals surface area contributed by atoms with E-state index in [0.29, 0.717) is 54.2 Å². The molecule has 3 heterocycles. The Balaban J connectivity index is 1.22. The number of pyridine rings is 1. The summed E-state index contributed by atoms with van der Waals surface area (Å²) >= 11 is 11.9. The molecule has 7 nitrogen and oxygen atoms in total. The van der Waals surface area contributed by atoms with Gasteiger partial charge in [-0.15, -0.1) is 0 Å². The molecule has 0 spiro atoms. The molecule has 9 heteroatoms. The number of amides is 1. The summed E-state index contributed by atoms with van der Waals surface area (Å²) in [6.07, 6.45) is 1.68. The van der Waals surface area contributed by atoms with Gasteiger partial charge in [0.1, 0.15) is 11.0 Å². The van der Waals surface area contributed by atoms with Crippen molar-refractivity contribution in [1.29, 1.82) is 0 Å². The van der Waals surface area contributed by atoms with Gasteiger partial charge in [-0.2, -0.15) is 4.98 Å². The number of nitrogens with zero attached hydrogens (tertiary/aromatic N) is 5. The summed E-state index contributed by atoms with van der Waals surface area (Å²) in [5.74, 6) is 2.05. The predicted octanol–water partition coefficient (Wildman–Crippen LogP) is 4.11. The van der Waals surface area contributed by atoms with Gasteiger partial charge in [0.25, 0.3) is 0 Å². The highest BCUT2D eigenvalue weighted by molar-refractivity contribution is 6.30. The van der Waals surface area contributed by atoms with Gasteiger partial charge in [-0.05, 0) is 42.8 Å². The molecule has 30 heavy (non-hydrogen) atoms. The quantitative estimate of drug-likeness (QED) is 0.531. The van der Waals surface area contributed by atoms with Crippen LogP contribution in [0, 0.1) is 0 Å². The van der Waals surface area contributed by atoms with Crippen LogP contribution in [0.1, 0.15) is 18.7 Å². The van der Waals surface area contributed by atoms with Crippen LogP contribution >= 0.6 is 23.2 Å². The fraction of sp³-hybridized carbons (Fsp3) is 0.333. The number of carbonyl (C=O) groups excluding carboxylic acids is 1. The Hall–Kier alpha value is -2.64. The van der Waals surface area contributed by atoms with Crippen molar-refractivity contribution in [3.05, 3.63) is 58.5 Å². The second kappa shape index (κ2) is 9.45. The second-order valence-electron chi connectivity index (χ2n) is 7.06. The van der Waals surface area contributed by atoms with Gasteiger partial charge in [-0.3, -0.25) is 4.79 Å². The zero-order chi connectivity index (χ0) is 20.9. The summed E-state index contributed by atoms with van der Waals surface area (Å²) < 4.78 is 5.31. The van der Waals surface area contributed by atoms with E-state index in [1.165, 1.54) is 0 Å². The Labute approximate surface area is 184 Å². The summed E-state index contributed by atoms with van der Waals surface area (Å²) in [6, 6.07) is 12.8. The minimum Gasteiger partial charge on any atom is -0.353 e. The Morgan fingerprint density at radius 3 is 2.50 bits per heavy atom. The van der Waals surface area contributed by atoms with Crippen LogP contribution < -0.4 is 4.90 Å². The number of aromatic nitrogens is 3. The van der Waals surface area contributed by atoms with E-state index in [1.807, 2.05) is 29.2 Å². The predicted molar refractivity (Wildman–Crippen MR) is 116 cm³/mol. The highest BCUT2D eigenvalue weighted by Gasteiger charge is 2.22. The van der Waals surface area contributed by atoms with Crippen LogP contribution in [0.15, 0.2) is 47.0 Å². The number of benzene rings is 1. The van der Waals surface area contributed by atoms with Gasteiger partial charge in [0.15, 0.2) is 0 Å². The topological polar surface area (TPSA) is 75.4 Å². The first-order valence-electron chi connectivity index (χ1n) is 9.82. The smallest absolute Gasteiger partial charge is 0.226 e. The van der Waals surface area contributed by atoms with E-state index >= 15 is 0 Å². The normalized spacial score (nSPS) is 14.2. The Bertz CT molecular complexity index is 1000. The standard InChI is InChI=1S/C21H21Cl2N5O2/c22-16-9-7-15(8-10-16)21-25-19(30-26-21)5-2-6-20(29)28-13-11-27(12-14-28)18-4-1-3-17(23)24-18/h1,3-4,7-10H,2,5-6,11-14H2. The van der Waals surface area contributed by atoms with Crippen LogP contribution in [-0.2, 0) is 11.2 Å². The molecule has 4 rings (SSSR count). The lowest BCUT2D eigenvalue weighted by atomic mass is 10.2. The maximum atomic E-state index is 12.5. The molecule has 0 unspecified atom stereocenters. The molecule has 1 aliphatic rings. The number of halogens is 2. The number of piperazine rings is 1. The molecule has 0 aliphatic carbocycles. The third-order valence-electron chi connectivity index (χ3n) is 5.01. The molecular weight excluding hydrogens is 425 g/mol. The van der Waals surface area contributed by atoms with Crippen LogP contribution in [0.4, 0.5) is 5.82 Å². The summed E-state index contributed by atoms with van der Waals surface area (Å²) in [6.45, 7) is 2.84. The van der Waals surface area contributed by atoms with Gasteiger partial charge in [-0.25, -0.2) is 4.98 Å². The van der Waals surface area contributed by atoms with E-state index in [1.54, 1.807) is 18.2 Å². The zero-order valence-corrected chi connectivity index (χ0v) is 17.8. The summed E-state index contributed by atoms with van der Waals surface area (Å²) in [5.41, 5.74) is 0.845. The summed E-state index contributed by atoms with van der Waals surface area (Å²) in [7, 11) is 0. The number of aryl methyl sites for hydroxylation is 1. The summed E-state index contributed by atoms with van der Waals surface area (Å²) in [4.78, 5) is 25.3. The minimum atomic E-state index is 0.145. The molecule has 3 aromatic rings. The van der Waals surface area contributed by atoms with Gasteiger partial charge in [-0.1, -0.05) is 34.4 Å². The lowest BCUT2D eigenvalue weighted by molar-refractivity contribution is -0.131. The fourth-order valence-corrected chi connectivity index (χ4v) is 3.67. The Morgan fingerprint density at radius 1 is 1.00 bits per heavy atom. The Kier molecular flexibility index (Phi) is 6.50. The van der Waals surface area contributed by atoms with Gasteiger partial charge in [0.05, 0.1) is 0 Å². The highest BCUT2D eigenvalue weighted by atomic mass is 35.5. The van der Waals surface area contributed by atoms with Crippen molar-refractivity contribution in [3.8, 4) is 11.4 Å². The van der Waals surface area contributed by atoms with Crippen molar-refractivity contribution in [3.63, 3.8) is 0 Å². The SMILES string of the molecule is O=C(CCCc1nc(-c2ccc(Cl)cc2)no1)N1CCN(c2cccc(Cl)n2)CC1. The largest absolute Gasteiger partial charge is 0.353 e. The van der Waals surface area contributed by atoms with Gasteiger partial charge < -0.3 is 14.3 Å². The lowest BCUT2D eigenvalue weighted by Gasteiger charge is -2.35. The van der Waals surface area contributed by atoms with Crippen molar-refractivity contribution in [2.24, 2.45) is 0 Å².